The molecule has 0 aromatic carbocycles. The summed E-state index contributed by atoms with van der Waals surface area (Å²) in [4.78, 5) is 6.66. The summed E-state index contributed by atoms with van der Waals surface area (Å²) < 4.78 is 0. The lowest BCUT2D eigenvalue weighted by Gasteiger charge is -2.28. The van der Waals surface area contributed by atoms with Crippen LogP contribution in [0.15, 0.2) is 18.3 Å². The molecule has 0 spiro atoms. The number of hydrogen-bond donors (Lipinski definition) is 2. The number of rotatable bonds is 3. The molecule has 1 aliphatic heterocycles. The van der Waals surface area contributed by atoms with E-state index in [1.165, 1.54) is 12.8 Å². The first-order chi connectivity index (χ1) is 7.65. The fraction of sp³-hybridized carbons (Fsp3) is 0.583. The molecule has 1 unspecified atom stereocenters. The van der Waals surface area contributed by atoms with Crippen LogP contribution in [0.25, 0.3) is 0 Å². The van der Waals surface area contributed by atoms with Crippen molar-refractivity contribution in [3.8, 4) is 0 Å². The third-order valence-corrected chi connectivity index (χ3v) is 3.14. The Labute approximate surface area is 96.1 Å². The number of nitrogens with zero attached hydrogens (tertiary/aromatic N) is 2. The predicted molar refractivity (Wildman–Crippen MR) is 64.3 cm³/mol. The van der Waals surface area contributed by atoms with Gasteiger partial charge in [-0.1, -0.05) is 6.07 Å². The normalized spacial score (nSPS) is 19.8. The van der Waals surface area contributed by atoms with Gasteiger partial charge in [-0.25, -0.2) is 4.98 Å². The van der Waals surface area contributed by atoms with E-state index in [1.807, 2.05) is 19.1 Å². The Morgan fingerprint density at radius 3 is 2.81 bits per heavy atom. The third-order valence-electron chi connectivity index (χ3n) is 3.14. The number of aliphatic hydroxyl groups excluding tert-OH is 1. The number of nitrogens with two attached hydrogens (primary N) is 1. The maximum Gasteiger partial charge on any atom is 0.133 e. The Morgan fingerprint density at radius 1 is 1.50 bits per heavy atom. The minimum absolute atomic E-state index is 0.0699. The van der Waals surface area contributed by atoms with Crippen LogP contribution in [-0.4, -0.2) is 29.8 Å². The van der Waals surface area contributed by atoms with Crippen LogP contribution >= 0.6 is 0 Å². The first kappa shape index (κ1) is 11.4. The summed E-state index contributed by atoms with van der Waals surface area (Å²) in [5, 5.41) is 9.34. The van der Waals surface area contributed by atoms with Crippen LogP contribution in [0.5, 0.6) is 0 Å². The molecule has 1 aromatic rings. The summed E-state index contributed by atoms with van der Waals surface area (Å²) in [5.74, 6) is 0.930. The zero-order chi connectivity index (χ0) is 11.6. The molecule has 1 aromatic heterocycles. The van der Waals surface area contributed by atoms with Crippen LogP contribution in [0.4, 0.5) is 5.82 Å². The highest BCUT2D eigenvalue weighted by atomic mass is 16.3. The molecule has 0 amide bonds. The molecule has 1 saturated heterocycles. The van der Waals surface area contributed by atoms with Gasteiger partial charge in [0.25, 0.3) is 0 Å². The lowest BCUT2D eigenvalue weighted by Crippen LogP contribution is -2.39. The lowest BCUT2D eigenvalue weighted by molar-refractivity contribution is 0.210. The Balaban J connectivity index is 2.37. The standard InChI is InChI=1S/C12H19N3O/c1-12(13,9-16)10-5-4-6-14-11(10)15-7-2-3-8-15/h4-6,16H,2-3,7-9,13H2,1H3. The van der Waals surface area contributed by atoms with Crippen molar-refractivity contribution in [3.63, 3.8) is 0 Å². The van der Waals surface area contributed by atoms with E-state index in [-0.39, 0.29) is 6.61 Å². The summed E-state index contributed by atoms with van der Waals surface area (Å²) in [6.07, 6.45) is 4.19. The van der Waals surface area contributed by atoms with E-state index < -0.39 is 5.54 Å². The molecule has 0 radical (unpaired) electrons. The second kappa shape index (κ2) is 4.39. The largest absolute Gasteiger partial charge is 0.394 e. The molecule has 88 valence electrons. The van der Waals surface area contributed by atoms with Gasteiger partial charge in [0.1, 0.15) is 5.82 Å². The minimum atomic E-state index is -0.716. The van der Waals surface area contributed by atoms with Gasteiger partial charge in [-0.05, 0) is 25.8 Å². The van der Waals surface area contributed by atoms with Crippen molar-refractivity contribution in [3.05, 3.63) is 23.9 Å². The van der Waals surface area contributed by atoms with E-state index in [0.717, 1.165) is 24.5 Å². The van der Waals surface area contributed by atoms with Gasteiger partial charge in [0, 0.05) is 24.8 Å². The lowest BCUT2D eigenvalue weighted by atomic mass is 9.94. The Morgan fingerprint density at radius 2 is 2.19 bits per heavy atom. The highest BCUT2D eigenvalue weighted by Gasteiger charge is 2.27. The average molecular weight is 221 g/mol. The second-order valence-electron chi connectivity index (χ2n) is 4.64. The topological polar surface area (TPSA) is 62.4 Å². The minimum Gasteiger partial charge on any atom is -0.394 e. The Hall–Kier alpha value is -1.13. The van der Waals surface area contributed by atoms with Crippen LogP contribution in [0.3, 0.4) is 0 Å². The maximum atomic E-state index is 9.34. The number of aromatic nitrogens is 1. The van der Waals surface area contributed by atoms with Gasteiger partial charge in [-0.15, -0.1) is 0 Å². The van der Waals surface area contributed by atoms with E-state index in [1.54, 1.807) is 6.20 Å². The van der Waals surface area contributed by atoms with Crippen molar-refractivity contribution in [2.45, 2.75) is 25.3 Å². The Kier molecular flexibility index (Phi) is 3.12. The summed E-state index contributed by atoms with van der Waals surface area (Å²) in [7, 11) is 0. The smallest absolute Gasteiger partial charge is 0.133 e. The highest BCUT2D eigenvalue weighted by Crippen LogP contribution is 2.28. The first-order valence-corrected chi connectivity index (χ1v) is 5.75. The molecule has 2 rings (SSSR count). The van der Waals surface area contributed by atoms with Crippen molar-refractivity contribution in [2.24, 2.45) is 5.73 Å². The van der Waals surface area contributed by atoms with Crippen molar-refractivity contribution >= 4 is 5.82 Å². The zero-order valence-electron chi connectivity index (χ0n) is 9.69. The molecule has 4 heteroatoms. The molecule has 0 saturated carbocycles. The zero-order valence-corrected chi connectivity index (χ0v) is 9.69. The van der Waals surface area contributed by atoms with Crippen LogP contribution in [0.1, 0.15) is 25.3 Å². The molecular formula is C12H19N3O. The third kappa shape index (κ3) is 2.03. The monoisotopic (exact) mass is 221 g/mol. The summed E-state index contributed by atoms with van der Waals surface area (Å²) in [6.45, 7) is 3.83. The molecule has 3 N–H and O–H groups in total. The molecule has 1 fully saturated rings. The quantitative estimate of drug-likeness (QED) is 0.794. The molecule has 4 nitrogen and oxygen atoms in total. The summed E-state index contributed by atoms with van der Waals surface area (Å²) >= 11 is 0. The van der Waals surface area contributed by atoms with Crippen molar-refractivity contribution in [2.75, 3.05) is 24.6 Å². The molecule has 16 heavy (non-hydrogen) atoms. The first-order valence-electron chi connectivity index (χ1n) is 5.75. The molecule has 2 heterocycles. The second-order valence-corrected chi connectivity index (χ2v) is 4.64. The fourth-order valence-corrected chi connectivity index (χ4v) is 2.11. The van der Waals surface area contributed by atoms with Crippen LogP contribution in [0, 0.1) is 0 Å². The Bertz CT molecular complexity index is 359. The molecule has 1 aliphatic rings. The van der Waals surface area contributed by atoms with E-state index >= 15 is 0 Å². The number of anilines is 1. The van der Waals surface area contributed by atoms with Gasteiger partial charge in [0.2, 0.25) is 0 Å². The van der Waals surface area contributed by atoms with Gasteiger partial charge < -0.3 is 15.7 Å². The van der Waals surface area contributed by atoms with Crippen LogP contribution in [0.2, 0.25) is 0 Å². The van der Waals surface area contributed by atoms with E-state index in [4.69, 9.17) is 5.73 Å². The number of aliphatic hydroxyl groups is 1. The van der Waals surface area contributed by atoms with Crippen molar-refractivity contribution < 1.29 is 5.11 Å². The van der Waals surface area contributed by atoms with Gasteiger partial charge >= 0.3 is 0 Å². The van der Waals surface area contributed by atoms with Gasteiger partial charge in [-0.3, -0.25) is 0 Å². The van der Waals surface area contributed by atoms with E-state index in [2.05, 4.69) is 9.88 Å². The van der Waals surface area contributed by atoms with Crippen LogP contribution in [-0.2, 0) is 5.54 Å². The highest BCUT2D eigenvalue weighted by molar-refractivity contribution is 5.50. The molecular weight excluding hydrogens is 202 g/mol. The van der Waals surface area contributed by atoms with Gasteiger partial charge in [-0.2, -0.15) is 0 Å². The fourth-order valence-electron chi connectivity index (χ4n) is 2.11. The van der Waals surface area contributed by atoms with Gasteiger partial charge in [0.05, 0.1) is 12.1 Å². The van der Waals surface area contributed by atoms with E-state index in [0.29, 0.717) is 0 Å². The van der Waals surface area contributed by atoms with Crippen molar-refractivity contribution in [1.82, 2.24) is 4.98 Å². The SMILES string of the molecule is CC(N)(CO)c1cccnc1N1CCCC1. The predicted octanol–water partition coefficient (Wildman–Crippen LogP) is 0.848. The summed E-state index contributed by atoms with van der Waals surface area (Å²) in [5.41, 5.74) is 6.30. The summed E-state index contributed by atoms with van der Waals surface area (Å²) in [6, 6.07) is 3.83. The van der Waals surface area contributed by atoms with Crippen LogP contribution < -0.4 is 10.6 Å². The van der Waals surface area contributed by atoms with Gasteiger partial charge in [0.15, 0.2) is 0 Å². The molecule has 1 atom stereocenters. The maximum absolute atomic E-state index is 9.34. The molecule has 0 aliphatic carbocycles. The number of hydrogen-bond acceptors (Lipinski definition) is 4. The van der Waals surface area contributed by atoms with Crippen molar-refractivity contribution in [1.29, 1.82) is 0 Å². The number of pyridine rings is 1. The molecule has 0 bridgehead atoms. The van der Waals surface area contributed by atoms with E-state index in [9.17, 15) is 5.11 Å². The average Bonchev–Trinajstić information content (AvgIpc) is 2.82.